The first kappa shape index (κ1) is 28.4. The van der Waals surface area contributed by atoms with Gasteiger partial charge in [-0.2, -0.15) is 0 Å². The fourth-order valence-corrected chi connectivity index (χ4v) is 2.76. The van der Waals surface area contributed by atoms with Crippen molar-refractivity contribution < 1.29 is 23.8 Å². The minimum atomic E-state index is -2.91. The third-order valence-electron chi connectivity index (χ3n) is 4.21. The molecule has 2 aliphatic rings. The molecule has 0 spiro atoms. The highest BCUT2D eigenvalue weighted by Gasteiger charge is 2.42. The number of aliphatic hydroxyl groups is 2. The van der Waals surface area contributed by atoms with E-state index < -0.39 is 18.6 Å². The lowest BCUT2D eigenvalue weighted by atomic mass is 10.1. The van der Waals surface area contributed by atoms with Crippen molar-refractivity contribution in [3.8, 4) is 0 Å². The number of likely N-dealkylation sites (tertiary alicyclic amines) is 2. The molecular weight excluding hydrogens is 356 g/mol. The Morgan fingerprint density at radius 1 is 1.04 bits per heavy atom. The van der Waals surface area contributed by atoms with Crippen molar-refractivity contribution in [2.45, 2.75) is 71.4 Å². The second-order valence-corrected chi connectivity index (χ2v) is 6.46. The summed E-state index contributed by atoms with van der Waals surface area (Å²) >= 11 is 0. The smallest absolute Gasteiger partial charge is 0.285 e. The summed E-state index contributed by atoms with van der Waals surface area (Å²) in [5.41, 5.74) is 0. The Hall–Kier alpha value is -0.830. The summed E-state index contributed by atoms with van der Waals surface area (Å²) in [4.78, 5) is 14.7. The number of piperidine rings is 1. The Bertz CT molecular complexity index is 374. The number of amides is 1. The quantitative estimate of drug-likeness (QED) is 0.664. The topological polar surface area (TPSA) is 76.0 Å². The van der Waals surface area contributed by atoms with E-state index in [-0.39, 0.29) is 24.9 Å². The monoisotopic (exact) mass is 397 g/mol. The van der Waals surface area contributed by atoms with Gasteiger partial charge in [0.2, 0.25) is 5.91 Å². The van der Waals surface area contributed by atoms with Gasteiger partial charge in [-0.15, -0.1) is 0 Å². The van der Waals surface area contributed by atoms with Gasteiger partial charge >= 0.3 is 0 Å². The maximum atomic E-state index is 12.6. The summed E-state index contributed by atoms with van der Waals surface area (Å²) in [5.74, 6) is -3.16. The summed E-state index contributed by atoms with van der Waals surface area (Å²) in [5, 5.41) is 20.2. The van der Waals surface area contributed by atoms with Crippen LogP contribution in [0.15, 0.2) is 0 Å². The van der Waals surface area contributed by atoms with Crippen LogP contribution in [0, 0.1) is 0 Å². The van der Waals surface area contributed by atoms with E-state index in [1.54, 1.807) is 7.05 Å². The molecule has 2 fully saturated rings. The molecular formula is C19H41F2N3O3. The van der Waals surface area contributed by atoms with Crippen molar-refractivity contribution in [3.63, 3.8) is 0 Å². The number of hydrogen-bond acceptors (Lipinski definition) is 5. The second-order valence-electron chi connectivity index (χ2n) is 6.46. The predicted octanol–water partition coefficient (Wildman–Crippen LogP) is 1.95. The van der Waals surface area contributed by atoms with Crippen molar-refractivity contribution in [3.05, 3.63) is 0 Å². The number of carbonyl (C=O) groups is 1. The molecule has 0 radical (unpaired) electrons. The average Bonchev–Trinajstić information content (AvgIpc) is 2.86. The van der Waals surface area contributed by atoms with Gasteiger partial charge in [-0.25, -0.2) is 8.78 Å². The number of rotatable bonds is 2. The Morgan fingerprint density at radius 2 is 1.59 bits per heavy atom. The number of alkyl halides is 2. The fraction of sp³-hybridized carbons (Fsp3) is 0.947. The van der Waals surface area contributed by atoms with E-state index in [0.29, 0.717) is 6.54 Å². The molecule has 2 rings (SSSR count). The molecule has 0 bridgehead atoms. The second kappa shape index (κ2) is 16.2. The maximum absolute atomic E-state index is 12.6. The predicted molar refractivity (Wildman–Crippen MR) is 106 cm³/mol. The van der Waals surface area contributed by atoms with Crippen LogP contribution in [0.5, 0.6) is 0 Å². The fourth-order valence-electron chi connectivity index (χ4n) is 2.76. The number of carbonyl (C=O) groups excluding carboxylic acids is 1. The van der Waals surface area contributed by atoms with Crippen molar-refractivity contribution >= 4 is 5.91 Å². The average molecular weight is 398 g/mol. The van der Waals surface area contributed by atoms with Gasteiger partial charge in [-0.05, 0) is 52.9 Å². The van der Waals surface area contributed by atoms with Crippen LogP contribution in [0.4, 0.5) is 8.78 Å². The third-order valence-corrected chi connectivity index (χ3v) is 4.21. The van der Waals surface area contributed by atoms with E-state index in [0.717, 1.165) is 32.4 Å². The van der Waals surface area contributed by atoms with E-state index in [9.17, 15) is 13.6 Å². The van der Waals surface area contributed by atoms with Gasteiger partial charge in [0.05, 0.1) is 6.54 Å². The molecule has 8 heteroatoms. The van der Waals surface area contributed by atoms with Crippen LogP contribution in [0.3, 0.4) is 0 Å². The zero-order valence-electron chi connectivity index (χ0n) is 18.0. The molecule has 2 heterocycles. The first-order valence-corrected chi connectivity index (χ1v) is 10.1. The summed E-state index contributed by atoms with van der Waals surface area (Å²) in [7, 11) is 3.72. The lowest BCUT2D eigenvalue weighted by molar-refractivity contribution is -0.145. The van der Waals surface area contributed by atoms with Gasteiger partial charge in [0.1, 0.15) is 12.7 Å². The van der Waals surface area contributed by atoms with Crippen LogP contribution in [0.2, 0.25) is 0 Å². The third kappa shape index (κ3) is 13.1. The lowest BCUT2D eigenvalue weighted by Gasteiger charge is -2.33. The van der Waals surface area contributed by atoms with Crippen LogP contribution in [0.25, 0.3) is 0 Å². The number of nitrogens with zero attached hydrogens (tertiary/aromatic N) is 2. The van der Waals surface area contributed by atoms with Crippen molar-refractivity contribution in [2.24, 2.45) is 0 Å². The Kier molecular flexibility index (Phi) is 17.0. The van der Waals surface area contributed by atoms with E-state index in [1.165, 1.54) is 4.90 Å². The molecule has 0 aromatic rings. The summed E-state index contributed by atoms with van der Waals surface area (Å²) in [6.07, 6.45) is 1.86. The van der Waals surface area contributed by atoms with Gasteiger partial charge in [0, 0.05) is 12.6 Å². The summed E-state index contributed by atoms with van der Waals surface area (Å²) in [6.45, 7) is 9.96. The van der Waals surface area contributed by atoms with Gasteiger partial charge in [0.15, 0.2) is 0 Å². The molecule has 2 atom stereocenters. The van der Waals surface area contributed by atoms with Crippen LogP contribution >= 0.6 is 0 Å². The maximum Gasteiger partial charge on any atom is 0.285 e. The van der Waals surface area contributed by atoms with Crippen LogP contribution in [0.1, 0.15) is 53.4 Å². The highest BCUT2D eigenvalue weighted by Crippen LogP contribution is 2.25. The van der Waals surface area contributed by atoms with Gasteiger partial charge < -0.3 is 25.3 Å². The normalized spacial score (nSPS) is 25.3. The molecule has 6 nitrogen and oxygen atoms in total. The number of halogens is 2. The molecule has 164 valence electrons. The summed E-state index contributed by atoms with van der Waals surface area (Å²) < 4.78 is 25.1. The summed E-state index contributed by atoms with van der Waals surface area (Å²) in [6, 6.07) is 0.254. The van der Waals surface area contributed by atoms with Crippen LogP contribution in [-0.2, 0) is 4.79 Å². The van der Waals surface area contributed by atoms with Gasteiger partial charge in [-0.3, -0.25) is 4.79 Å². The highest BCUT2D eigenvalue weighted by molar-refractivity contribution is 5.77. The van der Waals surface area contributed by atoms with E-state index in [4.69, 9.17) is 10.2 Å². The zero-order chi connectivity index (χ0) is 21.5. The number of hydrogen-bond donors (Lipinski definition) is 3. The van der Waals surface area contributed by atoms with Crippen molar-refractivity contribution in [2.75, 3.05) is 46.9 Å². The molecule has 3 N–H and O–H groups in total. The highest BCUT2D eigenvalue weighted by atomic mass is 19.3. The minimum absolute atomic E-state index is 0.170. The van der Waals surface area contributed by atoms with E-state index in [2.05, 4.69) is 17.3 Å². The number of aliphatic hydroxyl groups excluding tert-OH is 2. The molecule has 27 heavy (non-hydrogen) atoms. The first-order chi connectivity index (χ1) is 12.7. The van der Waals surface area contributed by atoms with E-state index >= 15 is 0 Å². The number of nitrogens with one attached hydrogen (secondary N) is 1. The van der Waals surface area contributed by atoms with Gasteiger partial charge in [0.25, 0.3) is 5.92 Å². The first-order valence-electron chi connectivity index (χ1n) is 10.1. The lowest BCUT2D eigenvalue weighted by Crippen LogP contribution is -2.49. The molecule has 0 saturated carbocycles. The van der Waals surface area contributed by atoms with Crippen LogP contribution in [-0.4, -0.2) is 90.9 Å². The van der Waals surface area contributed by atoms with E-state index in [1.807, 2.05) is 27.7 Å². The zero-order valence-corrected chi connectivity index (χ0v) is 18.0. The molecule has 2 saturated heterocycles. The Labute approximate surface area is 163 Å². The van der Waals surface area contributed by atoms with Crippen LogP contribution < -0.4 is 5.32 Å². The van der Waals surface area contributed by atoms with Crippen molar-refractivity contribution in [1.82, 2.24) is 15.1 Å². The molecule has 0 aromatic heterocycles. The SMILES string of the molecule is CC.CC.CN1CCC(O)C(F)(F)C1.CN1CCCC(NC(=O)CO)CC1. The molecule has 2 unspecified atom stereocenters. The minimum Gasteiger partial charge on any atom is -0.387 e. The molecule has 1 amide bonds. The Balaban J connectivity index is 0. The van der Waals surface area contributed by atoms with Gasteiger partial charge in [-0.1, -0.05) is 27.7 Å². The standard InChI is InChI=1S/C9H18N2O2.C6H11F2NO.2C2H6/c1-11-5-2-3-8(4-6-11)10-9(13)7-12;1-9-3-2-5(10)6(7,8)4-9;2*1-2/h8,12H,2-7H2,1H3,(H,10,13);5,10H,2-4H2,1H3;2*1-2H3. The Morgan fingerprint density at radius 3 is 2.07 bits per heavy atom. The molecule has 0 aliphatic carbocycles. The van der Waals surface area contributed by atoms with Crippen molar-refractivity contribution in [1.29, 1.82) is 0 Å². The molecule has 0 aromatic carbocycles. The largest absolute Gasteiger partial charge is 0.387 e. The molecule has 2 aliphatic heterocycles.